The van der Waals surface area contributed by atoms with Crippen LogP contribution in [-0.4, -0.2) is 38.7 Å². The fourth-order valence-corrected chi connectivity index (χ4v) is 3.03. The Hall–Kier alpha value is -4.33. The van der Waals surface area contributed by atoms with Gasteiger partial charge in [0.15, 0.2) is 11.5 Å². The fourth-order valence-electron chi connectivity index (χ4n) is 3.03. The molecule has 3 aromatic rings. The standard InChI is InChI=1S/C27H26O8/c1-19-5-10-22(11-6-19)34-26(29)20-7-12-23(13-8-20)35-27(30)21-9-14-24(25(17-21)31-2)33-16-4-3-15-32-18-28/h5-14,17-18H,3-4,15-16H2,1-2H3. The van der Waals surface area contributed by atoms with Crippen LogP contribution >= 0.6 is 0 Å². The summed E-state index contributed by atoms with van der Waals surface area (Å²) in [5.41, 5.74) is 1.66. The van der Waals surface area contributed by atoms with Crippen LogP contribution in [0.5, 0.6) is 23.0 Å². The van der Waals surface area contributed by atoms with E-state index in [-0.39, 0.29) is 11.3 Å². The molecule has 0 spiro atoms. The number of aryl methyl sites for hydroxylation is 1. The molecule has 3 aromatic carbocycles. The molecule has 0 radical (unpaired) electrons. The van der Waals surface area contributed by atoms with E-state index in [9.17, 15) is 14.4 Å². The van der Waals surface area contributed by atoms with Crippen molar-refractivity contribution in [2.45, 2.75) is 19.8 Å². The topological polar surface area (TPSA) is 97.4 Å². The van der Waals surface area contributed by atoms with Gasteiger partial charge in [0, 0.05) is 0 Å². The molecule has 0 unspecified atom stereocenters. The van der Waals surface area contributed by atoms with Crippen molar-refractivity contribution in [3.8, 4) is 23.0 Å². The molecule has 3 rings (SSSR count). The number of benzene rings is 3. The van der Waals surface area contributed by atoms with Crippen LogP contribution in [0.3, 0.4) is 0 Å². The van der Waals surface area contributed by atoms with E-state index < -0.39 is 11.9 Å². The second-order valence-electron chi connectivity index (χ2n) is 7.50. The number of esters is 2. The highest BCUT2D eigenvalue weighted by Gasteiger charge is 2.15. The summed E-state index contributed by atoms with van der Waals surface area (Å²) in [6.45, 7) is 3.10. The molecular weight excluding hydrogens is 452 g/mol. The minimum atomic E-state index is -0.587. The molecule has 0 saturated carbocycles. The van der Waals surface area contributed by atoms with E-state index in [2.05, 4.69) is 4.74 Å². The summed E-state index contributed by atoms with van der Waals surface area (Å²) in [6.07, 6.45) is 1.36. The molecule has 0 amide bonds. The van der Waals surface area contributed by atoms with Crippen LogP contribution in [0.15, 0.2) is 66.7 Å². The number of unbranched alkanes of at least 4 members (excludes halogenated alkanes) is 1. The molecule has 0 fully saturated rings. The zero-order chi connectivity index (χ0) is 25.0. The van der Waals surface area contributed by atoms with Crippen LogP contribution in [0.1, 0.15) is 39.1 Å². The van der Waals surface area contributed by atoms with Crippen LogP contribution in [0.4, 0.5) is 0 Å². The number of hydrogen-bond donors (Lipinski definition) is 0. The first-order chi connectivity index (χ1) is 17.0. The Labute approximate surface area is 203 Å². The van der Waals surface area contributed by atoms with Gasteiger partial charge in [0.05, 0.1) is 31.5 Å². The monoisotopic (exact) mass is 478 g/mol. The Morgan fingerprint density at radius 1 is 0.743 bits per heavy atom. The van der Waals surface area contributed by atoms with Gasteiger partial charge < -0.3 is 23.7 Å². The predicted octanol–water partition coefficient (Wildman–Crippen LogP) is 4.77. The summed E-state index contributed by atoms with van der Waals surface area (Å²) in [6, 6.07) is 18.0. The van der Waals surface area contributed by atoms with E-state index in [1.54, 1.807) is 24.3 Å². The Kier molecular flexibility index (Phi) is 9.24. The number of carbonyl (C=O) groups is 3. The first-order valence-corrected chi connectivity index (χ1v) is 11.0. The van der Waals surface area contributed by atoms with E-state index in [4.69, 9.17) is 18.9 Å². The largest absolute Gasteiger partial charge is 0.493 e. The average Bonchev–Trinajstić information content (AvgIpc) is 2.87. The SMILES string of the molecule is COc1cc(C(=O)Oc2ccc(C(=O)Oc3ccc(C)cc3)cc2)ccc1OCCCCOC=O. The van der Waals surface area contributed by atoms with Gasteiger partial charge in [-0.25, -0.2) is 9.59 Å². The molecule has 0 saturated heterocycles. The zero-order valence-electron chi connectivity index (χ0n) is 19.5. The molecule has 35 heavy (non-hydrogen) atoms. The fraction of sp³-hybridized carbons (Fsp3) is 0.222. The lowest BCUT2D eigenvalue weighted by atomic mass is 10.2. The summed E-state index contributed by atoms with van der Waals surface area (Å²) in [4.78, 5) is 35.0. The quantitative estimate of drug-likeness (QED) is 0.159. The maximum atomic E-state index is 12.6. The van der Waals surface area contributed by atoms with Crippen molar-refractivity contribution in [2.24, 2.45) is 0 Å². The Balaban J connectivity index is 1.56. The zero-order valence-corrected chi connectivity index (χ0v) is 19.5. The lowest BCUT2D eigenvalue weighted by molar-refractivity contribution is -0.128. The molecule has 0 atom stereocenters. The van der Waals surface area contributed by atoms with Crippen molar-refractivity contribution in [3.63, 3.8) is 0 Å². The van der Waals surface area contributed by atoms with Crippen LogP contribution in [0, 0.1) is 6.92 Å². The van der Waals surface area contributed by atoms with Gasteiger partial charge in [-0.15, -0.1) is 0 Å². The lowest BCUT2D eigenvalue weighted by Gasteiger charge is -2.12. The second kappa shape index (κ2) is 12.8. The lowest BCUT2D eigenvalue weighted by Crippen LogP contribution is -2.10. The number of carbonyl (C=O) groups excluding carboxylic acids is 3. The molecule has 8 nitrogen and oxygen atoms in total. The average molecular weight is 478 g/mol. The second-order valence-corrected chi connectivity index (χ2v) is 7.50. The number of rotatable bonds is 12. The number of hydrogen-bond acceptors (Lipinski definition) is 8. The van der Waals surface area contributed by atoms with Crippen LogP contribution < -0.4 is 18.9 Å². The third kappa shape index (κ3) is 7.60. The molecule has 0 aliphatic rings. The van der Waals surface area contributed by atoms with Crippen molar-refractivity contribution in [3.05, 3.63) is 83.4 Å². The maximum Gasteiger partial charge on any atom is 0.343 e. The van der Waals surface area contributed by atoms with Gasteiger partial charge in [-0.05, 0) is 74.4 Å². The van der Waals surface area contributed by atoms with Gasteiger partial charge in [-0.1, -0.05) is 17.7 Å². The van der Waals surface area contributed by atoms with Crippen molar-refractivity contribution in [2.75, 3.05) is 20.3 Å². The molecule has 8 heteroatoms. The Morgan fingerprint density at radius 3 is 1.94 bits per heavy atom. The minimum Gasteiger partial charge on any atom is -0.493 e. The normalized spacial score (nSPS) is 10.2. The molecule has 182 valence electrons. The van der Waals surface area contributed by atoms with E-state index in [0.29, 0.717) is 55.3 Å². The Bertz CT molecular complexity index is 1140. The highest BCUT2D eigenvalue weighted by Crippen LogP contribution is 2.29. The van der Waals surface area contributed by atoms with E-state index >= 15 is 0 Å². The summed E-state index contributed by atoms with van der Waals surface area (Å²) in [7, 11) is 1.48. The third-order valence-corrected chi connectivity index (χ3v) is 4.91. The molecule has 0 bridgehead atoms. The highest BCUT2D eigenvalue weighted by atomic mass is 16.5. The van der Waals surface area contributed by atoms with Crippen molar-refractivity contribution < 1.29 is 38.1 Å². The summed E-state index contributed by atoms with van der Waals surface area (Å²) < 4.78 is 26.4. The van der Waals surface area contributed by atoms with Gasteiger partial charge in [-0.3, -0.25) is 4.79 Å². The van der Waals surface area contributed by atoms with E-state index in [1.807, 2.05) is 19.1 Å². The molecule has 0 aliphatic carbocycles. The molecular formula is C27H26O8. The first kappa shape index (κ1) is 25.3. The van der Waals surface area contributed by atoms with Crippen molar-refractivity contribution in [1.82, 2.24) is 0 Å². The van der Waals surface area contributed by atoms with Gasteiger partial charge >= 0.3 is 11.9 Å². The Morgan fingerprint density at radius 2 is 1.31 bits per heavy atom. The minimum absolute atomic E-state index is 0.274. The van der Waals surface area contributed by atoms with Crippen LogP contribution in [0.25, 0.3) is 0 Å². The molecule has 0 heterocycles. The smallest absolute Gasteiger partial charge is 0.343 e. The molecule has 0 aromatic heterocycles. The van der Waals surface area contributed by atoms with Crippen molar-refractivity contribution in [1.29, 1.82) is 0 Å². The maximum absolute atomic E-state index is 12.6. The summed E-state index contributed by atoms with van der Waals surface area (Å²) in [5, 5.41) is 0. The number of ether oxygens (including phenoxy) is 5. The third-order valence-electron chi connectivity index (χ3n) is 4.91. The van der Waals surface area contributed by atoms with E-state index in [1.165, 1.54) is 37.4 Å². The van der Waals surface area contributed by atoms with Crippen LogP contribution in [-0.2, 0) is 9.53 Å². The highest BCUT2D eigenvalue weighted by molar-refractivity contribution is 5.93. The van der Waals surface area contributed by atoms with Crippen molar-refractivity contribution >= 4 is 18.4 Å². The summed E-state index contributed by atoms with van der Waals surface area (Å²) in [5.74, 6) is 0.497. The predicted molar refractivity (Wildman–Crippen MR) is 127 cm³/mol. The first-order valence-electron chi connectivity index (χ1n) is 11.0. The van der Waals surface area contributed by atoms with Crippen LogP contribution in [0.2, 0.25) is 0 Å². The summed E-state index contributed by atoms with van der Waals surface area (Å²) >= 11 is 0. The van der Waals surface area contributed by atoms with Gasteiger partial charge in [-0.2, -0.15) is 0 Å². The molecule has 0 N–H and O–H groups in total. The molecule has 0 aliphatic heterocycles. The van der Waals surface area contributed by atoms with E-state index in [0.717, 1.165) is 5.56 Å². The van der Waals surface area contributed by atoms with Gasteiger partial charge in [0.25, 0.3) is 6.47 Å². The number of methoxy groups -OCH3 is 1. The van der Waals surface area contributed by atoms with Gasteiger partial charge in [0.2, 0.25) is 0 Å². The van der Waals surface area contributed by atoms with Gasteiger partial charge in [0.1, 0.15) is 11.5 Å².